The van der Waals surface area contributed by atoms with Crippen LogP contribution in [0.4, 0.5) is 5.82 Å². The van der Waals surface area contributed by atoms with E-state index in [0.29, 0.717) is 17.4 Å². The molecule has 0 saturated carbocycles. The summed E-state index contributed by atoms with van der Waals surface area (Å²) in [4.78, 5) is 6.98. The Hall–Kier alpha value is -3.25. The minimum atomic E-state index is 0.216. The van der Waals surface area contributed by atoms with Gasteiger partial charge >= 0.3 is 0 Å². The molecule has 2 atom stereocenters. The molecule has 0 spiro atoms. The summed E-state index contributed by atoms with van der Waals surface area (Å²) in [6, 6.07) is 23.7. The highest BCUT2D eigenvalue weighted by molar-refractivity contribution is 5.77. The maximum Gasteiger partial charge on any atom is 0.203 e. The Labute approximate surface area is 195 Å². The SMILES string of the molecule is Nc1cc(C(CCCN2CCCC(c3ccccc3)CC2)c2ccccc2)c2n[nH]nc2n1. The number of hydrogen-bond acceptors (Lipinski definition) is 5. The molecule has 3 heterocycles. The molecular weight excluding hydrogens is 408 g/mol. The van der Waals surface area contributed by atoms with Gasteiger partial charge in [0.25, 0.3) is 0 Å². The number of rotatable bonds is 7. The molecule has 4 aromatic rings. The number of fused-ring (bicyclic) bond motifs is 1. The van der Waals surface area contributed by atoms with Crippen LogP contribution in [-0.2, 0) is 0 Å². The number of nitrogens with two attached hydrogens (primary N) is 1. The molecule has 0 amide bonds. The summed E-state index contributed by atoms with van der Waals surface area (Å²) in [6.07, 6.45) is 5.95. The van der Waals surface area contributed by atoms with Crippen LogP contribution in [0, 0.1) is 0 Å². The van der Waals surface area contributed by atoms with Gasteiger partial charge in [0, 0.05) is 5.92 Å². The van der Waals surface area contributed by atoms with E-state index in [9.17, 15) is 0 Å². The van der Waals surface area contributed by atoms with Gasteiger partial charge in [0.15, 0.2) is 0 Å². The predicted molar refractivity (Wildman–Crippen MR) is 133 cm³/mol. The van der Waals surface area contributed by atoms with Crippen LogP contribution >= 0.6 is 0 Å². The third kappa shape index (κ3) is 5.06. The Kier molecular flexibility index (Phi) is 6.63. The van der Waals surface area contributed by atoms with Crippen molar-refractivity contribution in [1.82, 2.24) is 25.3 Å². The third-order valence-electron chi connectivity index (χ3n) is 6.98. The first kappa shape index (κ1) is 21.6. The average molecular weight is 441 g/mol. The van der Waals surface area contributed by atoms with E-state index in [-0.39, 0.29) is 5.92 Å². The molecule has 1 aliphatic heterocycles. The van der Waals surface area contributed by atoms with Crippen molar-refractivity contribution in [3.8, 4) is 0 Å². The Balaban J connectivity index is 1.27. The molecular formula is C27H32N6. The van der Waals surface area contributed by atoms with Gasteiger partial charge in [0.05, 0.1) is 0 Å². The lowest BCUT2D eigenvalue weighted by molar-refractivity contribution is 0.276. The van der Waals surface area contributed by atoms with Gasteiger partial charge in [-0.1, -0.05) is 60.7 Å². The van der Waals surface area contributed by atoms with Crippen molar-refractivity contribution in [1.29, 1.82) is 0 Å². The van der Waals surface area contributed by atoms with Crippen LogP contribution in [0.5, 0.6) is 0 Å². The second-order valence-electron chi connectivity index (χ2n) is 9.12. The highest BCUT2D eigenvalue weighted by atomic mass is 15.3. The molecule has 3 N–H and O–H groups in total. The molecule has 5 rings (SSSR count). The van der Waals surface area contributed by atoms with Gasteiger partial charge in [-0.3, -0.25) is 0 Å². The molecule has 1 aliphatic rings. The highest BCUT2D eigenvalue weighted by Crippen LogP contribution is 2.34. The summed E-state index contributed by atoms with van der Waals surface area (Å²) in [5.74, 6) is 1.40. The van der Waals surface area contributed by atoms with Gasteiger partial charge < -0.3 is 10.6 Å². The van der Waals surface area contributed by atoms with Crippen LogP contribution in [0.15, 0.2) is 66.7 Å². The number of nitrogens with zero attached hydrogens (tertiary/aromatic N) is 4. The number of hydrogen-bond donors (Lipinski definition) is 2. The van der Waals surface area contributed by atoms with E-state index in [1.54, 1.807) is 0 Å². The number of benzene rings is 2. The zero-order chi connectivity index (χ0) is 22.5. The summed E-state index contributed by atoms with van der Waals surface area (Å²) in [5, 5.41) is 11.3. The lowest BCUT2D eigenvalue weighted by Crippen LogP contribution is -2.26. The maximum atomic E-state index is 6.12. The molecule has 1 fully saturated rings. The molecule has 6 heteroatoms. The lowest BCUT2D eigenvalue weighted by atomic mass is 9.87. The Morgan fingerprint density at radius 3 is 2.58 bits per heavy atom. The fourth-order valence-electron chi connectivity index (χ4n) is 5.29. The normalized spacial score (nSPS) is 18.2. The largest absolute Gasteiger partial charge is 0.384 e. The zero-order valence-electron chi connectivity index (χ0n) is 19.0. The van der Waals surface area contributed by atoms with Crippen molar-refractivity contribution >= 4 is 17.0 Å². The number of pyridine rings is 1. The van der Waals surface area contributed by atoms with Crippen molar-refractivity contribution in [2.45, 2.75) is 43.9 Å². The number of aromatic nitrogens is 4. The van der Waals surface area contributed by atoms with Crippen LogP contribution in [0.2, 0.25) is 0 Å². The van der Waals surface area contributed by atoms with Crippen molar-refractivity contribution in [2.24, 2.45) is 0 Å². The minimum absolute atomic E-state index is 0.216. The zero-order valence-corrected chi connectivity index (χ0v) is 19.0. The lowest BCUT2D eigenvalue weighted by Gasteiger charge is -2.23. The molecule has 2 unspecified atom stereocenters. The maximum absolute atomic E-state index is 6.12. The fraction of sp³-hybridized carbons (Fsp3) is 0.370. The minimum Gasteiger partial charge on any atom is -0.384 e. The molecule has 6 nitrogen and oxygen atoms in total. The molecule has 0 aliphatic carbocycles. The predicted octanol–water partition coefficient (Wildman–Crippen LogP) is 5.12. The first-order valence-corrected chi connectivity index (χ1v) is 12.1. The summed E-state index contributed by atoms with van der Waals surface area (Å²) in [5.41, 5.74) is 11.4. The van der Waals surface area contributed by atoms with Crippen molar-refractivity contribution < 1.29 is 0 Å². The molecule has 2 aromatic carbocycles. The second kappa shape index (κ2) is 10.1. The number of aromatic amines is 1. The topological polar surface area (TPSA) is 83.7 Å². The standard InChI is InChI=1S/C27H32N6/c28-25-19-24(26-27(29-25)31-32-30-26)23(22-11-5-2-6-12-22)14-8-17-33-16-7-13-21(15-18-33)20-9-3-1-4-10-20/h1-6,9-12,19,21,23H,7-8,13-18H2,(H3,28,29,30,31,32). The van der Waals surface area contributed by atoms with Crippen LogP contribution in [0.25, 0.3) is 11.2 Å². The molecule has 1 saturated heterocycles. The Morgan fingerprint density at radius 1 is 0.970 bits per heavy atom. The summed E-state index contributed by atoms with van der Waals surface area (Å²) < 4.78 is 0. The quantitative estimate of drug-likeness (QED) is 0.417. The number of likely N-dealkylation sites (tertiary alicyclic amines) is 1. The third-order valence-corrected chi connectivity index (χ3v) is 6.98. The van der Waals surface area contributed by atoms with Gasteiger partial charge in [-0.25, -0.2) is 4.98 Å². The van der Waals surface area contributed by atoms with Crippen molar-refractivity contribution in [3.05, 3.63) is 83.4 Å². The smallest absolute Gasteiger partial charge is 0.203 e. The van der Waals surface area contributed by atoms with Crippen molar-refractivity contribution in [3.63, 3.8) is 0 Å². The Bertz CT molecular complexity index is 1160. The molecule has 2 aromatic heterocycles. The molecule has 170 valence electrons. The number of anilines is 1. The van der Waals surface area contributed by atoms with Crippen LogP contribution in [-0.4, -0.2) is 44.9 Å². The van der Waals surface area contributed by atoms with Crippen LogP contribution in [0.3, 0.4) is 0 Å². The van der Waals surface area contributed by atoms with E-state index in [2.05, 4.69) is 86.0 Å². The van der Waals surface area contributed by atoms with E-state index in [1.165, 1.54) is 43.5 Å². The molecule has 33 heavy (non-hydrogen) atoms. The summed E-state index contributed by atoms with van der Waals surface area (Å²) in [7, 11) is 0. The van der Waals surface area contributed by atoms with Crippen LogP contribution < -0.4 is 5.73 Å². The summed E-state index contributed by atoms with van der Waals surface area (Å²) >= 11 is 0. The number of nitrogen functional groups attached to an aromatic ring is 1. The van der Waals surface area contributed by atoms with Crippen molar-refractivity contribution in [2.75, 3.05) is 25.4 Å². The Morgan fingerprint density at radius 2 is 1.76 bits per heavy atom. The van der Waals surface area contributed by atoms with Gasteiger partial charge in [-0.05, 0) is 80.4 Å². The fourth-order valence-corrected chi connectivity index (χ4v) is 5.29. The van der Waals surface area contributed by atoms with E-state index in [1.807, 2.05) is 6.07 Å². The monoisotopic (exact) mass is 440 g/mol. The molecule has 0 bridgehead atoms. The first-order valence-electron chi connectivity index (χ1n) is 12.1. The van der Waals surface area contributed by atoms with E-state index in [0.717, 1.165) is 30.5 Å². The van der Waals surface area contributed by atoms with Gasteiger partial charge in [-0.15, -0.1) is 5.10 Å². The molecule has 0 radical (unpaired) electrons. The number of nitrogens with one attached hydrogen (secondary N) is 1. The van der Waals surface area contributed by atoms with Gasteiger partial charge in [0.1, 0.15) is 11.3 Å². The van der Waals surface area contributed by atoms with Gasteiger partial charge in [0.2, 0.25) is 5.65 Å². The highest BCUT2D eigenvalue weighted by Gasteiger charge is 2.22. The second-order valence-corrected chi connectivity index (χ2v) is 9.12. The van der Waals surface area contributed by atoms with E-state index < -0.39 is 0 Å². The van der Waals surface area contributed by atoms with Gasteiger partial charge in [-0.2, -0.15) is 10.3 Å². The van der Waals surface area contributed by atoms with E-state index >= 15 is 0 Å². The van der Waals surface area contributed by atoms with E-state index in [4.69, 9.17) is 5.73 Å². The van der Waals surface area contributed by atoms with Crippen LogP contribution in [0.1, 0.15) is 60.6 Å². The summed E-state index contributed by atoms with van der Waals surface area (Å²) in [6.45, 7) is 3.48. The average Bonchev–Trinajstić information content (AvgIpc) is 3.19. The number of H-pyrrole nitrogens is 1. The first-order chi connectivity index (χ1) is 16.3.